The lowest BCUT2D eigenvalue weighted by atomic mass is 10.2. The van der Waals surface area contributed by atoms with Crippen molar-refractivity contribution < 1.29 is 18.7 Å². The van der Waals surface area contributed by atoms with E-state index in [-0.39, 0.29) is 23.2 Å². The lowest BCUT2D eigenvalue weighted by Crippen LogP contribution is -2.41. The quantitative estimate of drug-likeness (QED) is 0.769. The number of nitrogens with zero attached hydrogens (tertiary/aromatic N) is 3. The van der Waals surface area contributed by atoms with E-state index in [1.165, 1.54) is 24.3 Å². The summed E-state index contributed by atoms with van der Waals surface area (Å²) in [5.74, 6) is -0.928. The van der Waals surface area contributed by atoms with Crippen molar-refractivity contribution in [3.8, 4) is 0 Å². The van der Waals surface area contributed by atoms with Crippen LogP contribution in [-0.2, 0) is 4.74 Å². The third-order valence-electron chi connectivity index (χ3n) is 4.36. The molecule has 0 atom stereocenters. The SMILES string of the molecule is O=C(Nc1ccc(F)cc1)c1nc(C(=O)N2CCOCC2)n2ccccc12. The highest BCUT2D eigenvalue weighted by molar-refractivity contribution is 6.08. The van der Waals surface area contributed by atoms with E-state index in [0.717, 1.165) is 0 Å². The van der Waals surface area contributed by atoms with Gasteiger partial charge in [0, 0.05) is 25.0 Å². The van der Waals surface area contributed by atoms with Gasteiger partial charge in [0.25, 0.3) is 11.8 Å². The van der Waals surface area contributed by atoms with Crippen molar-refractivity contribution >= 4 is 23.0 Å². The molecule has 7 nitrogen and oxygen atoms in total. The Morgan fingerprint density at radius 2 is 1.81 bits per heavy atom. The highest BCUT2D eigenvalue weighted by Crippen LogP contribution is 2.18. The Balaban J connectivity index is 1.67. The smallest absolute Gasteiger partial charge is 0.290 e. The van der Waals surface area contributed by atoms with Crippen molar-refractivity contribution in [2.75, 3.05) is 31.6 Å². The Kier molecular flexibility index (Phi) is 4.55. The van der Waals surface area contributed by atoms with Gasteiger partial charge in [-0.25, -0.2) is 9.37 Å². The first-order valence-electron chi connectivity index (χ1n) is 8.54. The Labute approximate surface area is 154 Å². The van der Waals surface area contributed by atoms with Crippen LogP contribution >= 0.6 is 0 Å². The minimum absolute atomic E-state index is 0.136. The normalized spacial score (nSPS) is 14.3. The van der Waals surface area contributed by atoms with Gasteiger partial charge in [-0.15, -0.1) is 0 Å². The Morgan fingerprint density at radius 3 is 2.56 bits per heavy atom. The number of hydrogen-bond donors (Lipinski definition) is 1. The van der Waals surface area contributed by atoms with Crippen LogP contribution in [0.25, 0.3) is 5.52 Å². The summed E-state index contributed by atoms with van der Waals surface area (Å²) in [6.07, 6.45) is 1.70. The van der Waals surface area contributed by atoms with E-state index >= 15 is 0 Å². The topological polar surface area (TPSA) is 75.9 Å². The van der Waals surface area contributed by atoms with Crippen LogP contribution in [0.15, 0.2) is 48.7 Å². The molecule has 0 aliphatic carbocycles. The average molecular weight is 368 g/mol. The molecule has 0 unspecified atom stereocenters. The highest BCUT2D eigenvalue weighted by atomic mass is 19.1. The molecule has 138 valence electrons. The van der Waals surface area contributed by atoms with Crippen LogP contribution in [0, 0.1) is 5.82 Å². The number of carbonyl (C=O) groups excluding carboxylic acids is 2. The van der Waals surface area contributed by atoms with Gasteiger partial charge in [-0.1, -0.05) is 6.07 Å². The summed E-state index contributed by atoms with van der Waals surface area (Å²) >= 11 is 0. The van der Waals surface area contributed by atoms with E-state index in [4.69, 9.17) is 4.74 Å². The van der Waals surface area contributed by atoms with Crippen LogP contribution in [0.5, 0.6) is 0 Å². The summed E-state index contributed by atoms with van der Waals surface area (Å²) in [5, 5.41) is 2.68. The zero-order valence-corrected chi connectivity index (χ0v) is 14.4. The van der Waals surface area contributed by atoms with Gasteiger partial charge in [-0.05, 0) is 36.4 Å². The number of amides is 2. The van der Waals surface area contributed by atoms with Crippen molar-refractivity contribution in [2.24, 2.45) is 0 Å². The molecule has 0 spiro atoms. The van der Waals surface area contributed by atoms with Gasteiger partial charge in [-0.2, -0.15) is 0 Å². The van der Waals surface area contributed by atoms with Gasteiger partial charge in [0.2, 0.25) is 5.82 Å². The molecule has 2 amide bonds. The number of pyridine rings is 1. The Bertz CT molecular complexity index is 994. The molecular weight excluding hydrogens is 351 g/mol. The number of carbonyl (C=O) groups is 2. The molecule has 0 radical (unpaired) electrons. The summed E-state index contributed by atoms with van der Waals surface area (Å²) in [5.41, 5.74) is 1.10. The van der Waals surface area contributed by atoms with Gasteiger partial charge in [-0.3, -0.25) is 14.0 Å². The minimum Gasteiger partial charge on any atom is -0.378 e. The molecule has 2 aromatic heterocycles. The van der Waals surface area contributed by atoms with Crippen LogP contribution in [0.3, 0.4) is 0 Å². The van der Waals surface area contributed by atoms with E-state index in [2.05, 4.69) is 10.3 Å². The second-order valence-corrected chi connectivity index (χ2v) is 6.11. The number of ether oxygens (including phenoxy) is 1. The maximum Gasteiger partial charge on any atom is 0.290 e. The summed E-state index contributed by atoms with van der Waals surface area (Å²) in [6.45, 7) is 1.93. The summed E-state index contributed by atoms with van der Waals surface area (Å²) in [6, 6.07) is 10.7. The average Bonchev–Trinajstić information content (AvgIpc) is 3.10. The molecule has 3 heterocycles. The second-order valence-electron chi connectivity index (χ2n) is 6.11. The fourth-order valence-corrected chi connectivity index (χ4v) is 2.99. The molecule has 4 rings (SSSR count). The molecule has 1 fully saturated rings. The fraction of sp³-hybridized carbons (Fsp3) is 0.211. The number of aromatic nitrogens is 2. The summed E-state index contributed by atoms with van der Waals surface area (Å²) in [7, 11) is 0. The van der Waals surface area contributed by atoms with Crippen LogP contribution in [0.2, 0.25) is 0 Å². The van der Waals surface area contributed by atoms with Gasteiger partial charge in [0.15, 0.2) is 5.69 Å². The maximum absolute atomic E-state index is 13.0. The largest absolute Gasteiger partial charge is 0.378 e. The van der Waals surface area contributed by atoms with Crippen LogP contribution < -0.4 is 5.32 Å². The Morgan fingerprint density at radius 1 is 1.07 bits per heavy atom. The van der Waals surface area contributed by atoms with E-state index in [1.54, 1.807) is 33.7 Å². The second kappa shape index (κ2) is 7.16. The first kappa shape index (κ1) is 17.2. The lowest BCUT2D eigenvalue weighted by Gasteiger charge is -2.26. The predicted molar refractivity (Wildman–Crippen MR) is 96.3 cm³/mol. The first-order valence-corrected chi connectivity index (χ1v) is 8.54. The molecule has 1 aliphatic rings. The van der Waals surface area contributed by atoms with Crippen LogP contribution in [0.4, 0.5) is 10.1 Å². The molecule has 1 saturated heterocycles. The summed E-state index contributed by atoms with van der Waals surface area (Å²) in [4.78, 5) is 31.5. The van der Waals surface area contributed by atoms with E-state index in [1.807, 2.05) is 0 Å². The number of fused-ring (bicyclic) bond motifs is 1. The van der Waals surface area contributed by atoms with Gasteiger partial charge < -0.3 is 15.0 Å². The number of benzene rings is 1. The monoisotopic (exact) mass is 368 g/mol. The number of morpholine rings is 1. The number of imidazole rings is 1. The third-order valence-corrected chi connectivity index (χ3v) is 4.36. The number of anilines is 1. The predicted octanol–water partition coefficient (Wildman–Crippen LogP) is 2.20. The van der Waals surface area contributed by atoms with Gasteiger partial charge >= 0.3 is 0 Å². The fourth-order valence-electron chi connectivity index (χ4n) is 2.99. The van der Waals surface area contributed by atoms with Crippen molar-refractivity contribution in [1.29, 1.82) is 0 Å². The molecule has 0 bridgehead atoms. The van der Waals surface area contributed by atoms with Crippen molar-refractivity contribution in [2.45, 2.75) is 0 Å². The maximum atomic E-state index is 13.0. The Hall–Kier alpha value is -3.26. The van der Waals surface area contributed by atoms with Gasteiger partial charge in [0.05, 0.1) is 18.7 Å². The standard InChI is InChI=1S/C19H17FN4O3/c20-13-4-6-14(7-5-13)21-18(25)16-15-3-1-2-8-24(15)17(22-16)19(26)23-9-11-27-12-10-23/h1-8H,9-12H2,(H,21,25). The number of rotatable bonds is 3. The van der Waals surface area contributed by atoms with Crippen molar-refractivity contribution in [3.63, 3.8) is 0 Å². The third kappa shape index (κ3) is 3.39. The number of hydrogen-bond acceptors (Lipinski definition) is 4. The van der Waals surface area contributed by atoms with Gasteiger partial charge in [0.1, 0.15) is 5.82 Å². The zero-order valence-electron chi connectivity index (χ0n) is 14.4. The van der Waals surface area contributed by atoms with E-state index in [0.29, 0.717) is 37.5 Å². The van der Waals surface area contributed by atoms with Crippen molar-refractivity contribution in [3.05, 3.63) is 66.0 Å². The summed E-state index contributed by atoms with van der Waals surface area (Å²) < 4.78 is 19.9. The van der Waals surface area contributed by atoms with Crippen LogP contribution in [0.1, 0.15) is 21.1 Å². The lowest BCUT2D eigenvalue weighted by molar-refractivity contribution is 0.0294. The molecule has 1 aliphatic heterocycles. The molecule has 1 aromatic carbocycles. The molecule has 0 saturated carbocycles. The zero-order chi connectivity index (χ0) is 18.8. The first-order chi connectivity index (χ1) is 13.1. The highest BCUT2D eigenvalue weighted by Gasteiger charge is 2.26. The molecular formula is C19H17FN4O3. The van der Waals surface area contributed by atoms with Crippen LogP contribution in [-0.4, -0.2) is 52.4 Å². The molecule has 3 aromatic rings. The molecule has 8 heteroatoms. The van der Waals surface area contributed by atoms with Crippen molar-refractivity contribution in [1.82, 2.24) is 14.3 Å². The number of halogens is 1. The molecule has 27 heavy (non-hydrogen) atoms. The van der Waals surface area contributed by atoms with E-state index in [9.17, 15) is 14.0 Å². The molecule has 1 N–H and O–H groups in total. The number of nitrogens with one attached hydrogen (secondary N) is 1. The minimum atomic E-state index is -0.466. The van der Waals surface area contributed by atoms with E-state index < -0.39 is 5.91 Å².